The summed E-state index contributed by atoms with van der Waals surface area (Å²) in [5.74, 6) is -0.354. The maximum absolute atomic E-state index is 10.5. The first kappa shape index (κ1) is 9.21. The first-order chi connectivity index (χ1) is 6.68. The summed E-state index contributed by atoms with van der Waals surface area (Å²) >= 11 is 0. The van der Waals surface area contributed by atoms with Gasteiger partial charge >= 0.3 is 5.97 Å². The predicted molar refractivity (Wildman–Crippen MR) is 49.7 cm³/mol. The second-order valence-corrected chi connectivity index (χ2v) is 3.72. The van der Waals surface area contributed by atoms with E-state index in [0.717, 1.165) is 24.1 Å². The van der Waals surface area contributed by atoms with Crippen molar-refractivity contribution < 1.29 is 9.90 Å². The number of aliphatic carboxylic acids is 1. The number of hydrogen-bond donors (Lipinski definition) is 3. The lowest BCUT2D eigenvalue weighted by molar-refractivity contribution is -0.137. The molecule has 1 aliphatic carbocycles. The zero-order chi connectivity index (χ0) is 10.1. The molecule has 1 fully saturated rings. The van der Waals surface area contributed by atoms with Crippen LogP contribution < -0.4 is 5.73 Å². The molecule has 1 aliphatic rings. The summed E-state index contributed by atoms with van der Waals surface area (Å²) in [6.45, 7) is 0. The van der Waals surface area contributed by atoms with Gasteiger partial charge in [-0.25, -0.2) is 0 Å². The highest BCUT2D eigenvalue weighted by Gasteiger charge is 2.29. The number of nitrogens with one attached hydrogen (secondary N) is 1. The van der Waals surface area contributed by atoms with E-state index in [1.165, 1.54) is 0 Å². The topological polar surface area (TPSA) is 92.0 Å². The minimum absolute atomic E-state index is 0.0424. The van der Waals surface area contributed by atoms with Crippen LogP contribution in [0.25, 0.3) is 0 Å². The van der Waals surface area contributed by atoms with Crippen molar-refractivity contribution in [3.8, 4) is 0 Å². The first-order valence-electron chi connectivity index (χ1n) is 4.69. The van der Waals surface area contributed by atoms with Gasteiger partial charge in [0.05, 0.1) is 12.6 Å². The Bertz CT molecular complexity index is 344. The third-order valence-corrected chi connectivity index (χ3v) is 2.48. The van der Waals surface area contributed by atoms with Gasteiger partial charge in [0.2, 0.25) is 0 Å². The molecule has 0 aromatic carbocycles. The zero-order valence-electron chi connectivity index (χ0n) is 7.73. The summed E-state index contributed by atoms with van der Waals surface area (Å²) in [5, 5.41) is 15.4. The fraction of sp³-hybridized carbons (Fsp3) is 0.556. The van der Waals surface area contributed by atoms with E-state index in [2.05, 4.69) is 10.2 Å². The van der Waals surface area contributed by atoms with E-state index < -0.39 is 12.0 Å². The minimum Gasteiger partial charge on any atom is -0.481 e. The van der Waals surface area contributed by atoms with Gasteiger partial charge in [0.15, 0.2) is 0 Å². The highest BCUT2D eigenvalue weighted by Crippen LogP contribution is 2.41. The molecule has 1 aromatic heterocycles. The predicted octanol–water partition coefficient (Wildman–Crippen LogP) is 0.762. The molecule has 5 nitrogen and oxygen atoms in total. The van der Waals surface area contributed by atoms with Crippen LogP contribution in [0.4, 0.5) is 0 Å². The standard InChI is InChI=1S/C9H13N3O2/c10-7(3-8(13)14)6-4-11-12-9(6)5-1-2-5/h4-5,7H,1-3,10H2,(H,11,12)(H,13,14). The molecule has 1 heterocycles. The highest BCUT2D eigenvalue weighted by atomic mass is 16.4. The fourth-order valence-electron chi connectivity index (χ4n) is 1.60. The van der Waals surface area contributed by atoms with Gasteiger partial charge in [-0.05, 0) is 12.8 Å². The molecular weight excluding hydrogens is 182 g/mol. The molecule has 0 amide bonds. The molecular formula is C9H13N3O2. The van der Waals surface area contributed by atoms with E-state index >= 15 is 0 Å². The van der Waals surface area contributed by atoms with Crippen LogP contribution in [0.15, 0.2) is 6.20 Å². The smallest absolute Gasteiger partial charge is 0.305 e. The van der Waals surface area contributed by atoms with Crippen molar-refractivity contribution in [2.45, 2.75) is 31.2 Å². The van der Waals surface area contributed by atoms with Crippen LogP contribution in [-0.4, -0.2) is 21.3 Å². The second kappa shape index (κ2) is 3.42. The lowest BCUT2D eigenvalue weighted by Crippen LogP contribution is -2.15. The van der Waals surface area contributed by atoms with Gasteiger partial charge in [-0.2, -0.15) is 5.10 Å². The molecule has 14 heavy (non-hydrogen) atoms. The van der Waals surface area contributed by atoms with Crippen molar-refractivity contribution in [3.05, 3.63) is 17.5 Å². The molecule has 0 spiro atoms. The van der Waals surface area contributed by atoms with Gasteiger partial charge in [-0.3, -0.25) is 9.89 Å². The van der Waals surface area contributed by atoms with Crippen molar-refractivity contribution >= 4 is 5.97 Å². The van der Waals surface area contributed by atoms with Gasteiger partial charge in [-0.1, -0.05) is 0 Å². The summed E-state index contributed by atoms with van der Waals surface area (Å²) < 4.78 is 0. The molecule has 76 valence electrons. The van der Waals surface area contributed by atoms with E-state index in [9.17, 15) is 4.79 Å². The number of nitrogens with zero attached hydrogens (tertiary/aromatic N) is 1. The van der Waals surface area contributed by atoms with Crippen molar-refractivity contribution in [3.63, 3.8) is 0 Å². The lowest BCUT2D eigenvalue weighted by Gasteiger charge is -2.08. The Balaban J connectivity index is 2.13. The minimum atomic E-state index is -0.875. The van der Waals surface area contributed by atoms with Crippen molar-refractivity contribution in [1.82, 2.24) is 10.2 Å². The number of H-pyrrole nitrogens is 1. The molecule has 1 atom stereocenters. The van der Waals surface area contributed by atoms with Crippen molar-refractivity contribution in [2.24, 2.45) is 5.73 Å². The van der Waals surface area contributed by atoms with Gasteiger partial charge in [0, 0.05) is 23.2 Å². The third kappa shape index (κ3) is 1.77. The largest absolute Gasteiger partial charge is 0.481 e. The monoisotopic (exact) mass is 195 g/mol. The van der Waals surface area contributed by atoms with E-state index in [0.29, 0.717) is 5.92 Å². The van der Waals surface area contributed by atoms with Crippen LogP contribution >= 0.6 is 0 Å². The van der Waals surface area contributed by atoms with Crippen molar-refractivity contribution in [1.29, 1.82) is 0 Å². The molecule has 1 aromatic rings. The molecule has 4 N–H and O–H groups in total. The number of hydrogen-bond acceptors (Lipinski definition) is 3. The second-order valence-electron chi connectivity index (χ2n) is 3.72. The Labute approximate surface area is 81.3 Å². The Hall–Kier alpha value is -1.36. The third-order valence-electron chi connectivity index (χ3n) is 2.48. The number of aromatic amines is 1. The summed E-state index contributed by atoms with van der Waals surface area (Å²) in [4.78, 5) is 10.5. The quantitative estimate of drug-likeness (QED) is 0.661. The van der Waals surface area contributed by atoms with Gasteiger partial charge < -0.3 is 10.8 Å². The zero-order valence-corrected chi connectivity index (χ0v) is 7.73. The Morgan fingerprint density at radius 2 is 2.50 bits per heavy atom. The molecule has 2 rings (SSSR count). The molecule has 0 aliphatic heterocycles. The molecule has 0 saturated heterocycles. The molecule has 1 unspecified atom stereocenters. The Morgan fingerprint density at radius 1 is 1.79 bits per heavy atom. The lowest BCUT2D eigenvalue weighted by atomic mass is 10.0. The average molecular weight is 195 g/mol. The number of aromatic nitrogens is 2. The van der Waals surface area contributed by atoms with Crippen LogP contribution in [0.3, 0.4) is 0 Å². The number of carbonyl (C=O) groups is 1. The fourth-order valence-corrected chi connectivity index (χ4v) is 1.60. The number of carboxylic acid groups (broad SMARTS) is 1. The Kier molecular flexibility index (Phi) is 2.25. The molecule has 5 heteroatoms. The van der Waals surface area contributed by atoms with Crippen LogP contribution in [0, 0.1) is 0 Å². The van der Waals surface area contributed by atoms with Crippen LogP contribution in [0.2, 0.25) is 0 Å². The Morgan fingerprint density at radius 3 is 3.07 bits per heavy atom. The van der Waals surface area contributed by atoms with Crippen LogP contribution in [0.1, 0.15) is 42.5 Å². The highest BCUT2D eigenvalue weighted by molar-refractivity contribution is 5.68. The van der Waals surface area contributed by atoms with E-state index in [1.54, 1.807) is 6.20 Å². The number of rotatable bonds is 4. The summed E-state index contributed by atoms with van der Waals surface area (Å²) in [6.07, 6.45) is 3.89. The molecule has 0 radical (unpaired) electrons. The first-order valence-corrected chi connectivity index (χ1v) is 4.69. The number of nitrogens with two attached hydrogens (primary N) is 1. The van der Waals surface area contributed by atoms with E-state index in [4.69, 9.17) is 10.8 Å². The van der Waals surface area contributed by atoms with Crippen LogP contribution in [-0.2, 0) is 4.79 Å². The normalized spacial score (nSPS) is 18.1. The van der Waals surface area contributed by atoms with Gasteiger partial charge in [-0.15, -0.1) is 0 Å². The maximum Gasteiger partial charge on any atom is 0.305 e. The van der Waals surface area contributed by atoms with Gasteiger partial charge in [0.1, 0.15) is 0 Å². The molecule has 0 bridgehead atoms. The van der Waals surface area contributed by atoms with Crippen molar-refractivity contribution in [2.75, 3.05) is 0 Å². The summed E-state index contributed by atoms with van der Waals surface area (Å²) in [6, 6.07) is -0.443. The van der Waals surface area contributed by atoms with E-state index in [1.807, 2.05) is 0 Å². The maximum atomic E-state index is 10.5. The van der Waals surface area contributed by atoms with Gasteiger partial charge in [0.25, 0.3) is 0 Å². The average Bonchev–Trinajstić information content (AvgIpc) is 2.82. The summed E-state index contributed by atoms with van der Waals surface area (Å²) in [7, 11) is 0. The van der Waals surface area contributed by atoms with E-state index in [-0.39, 0.29) is 6.42 Å². The molecule has 1 saturated carbocycles. The van der Waals surface area contributed by atoms with Crippen LogP contribution in [0.5, 0.6) is 0 Å². The SMILES string of the molecule is NC(CC(=O)O)c1cn[nH]c1C1CC1. The summed E-state index contributed by atoms with van der Waals surface area (Å²) in [5.41, 5.74) is 7.65. The number of carboxylic acids is 1.